The van der Waals surface area contributed by atoms with Gasteiger partial charge in [0, 0.05) is 78.0 Å². The highest BCUT2D eigenvalue weighted by Crippen LogP contribution is 2.28. The third kappa shape index (κ3) is 5.74. The zero-order valence-corrected chi connectivity index (χ0v) is 22.2. The maximum absolute atomic E-state index is 12.8. The number of pyridine rings is 1. The highest BCUT2D eigenvalue weighted by Gasteiger charge is 2.14. The van der Waals surface area contributed by atoms with Crippen LogP contribution < -0.4 is 20.9 Å². The van der Waals surface area contributed by atoms with E-state index in [0.29, 0.717) is 16.3 Å². The number of carbonyl (C=O) groups is 1. The van der Waals surface area contributed by atoms with E-state index in [1.165, 1.54) is 0 Å². The minimum absolute atomic E-state index is 0.0556. The molecule has 7 nitrogen and oxygen atoms in total. The molecule has 1 aromatic heterocycles. The van der Waals surface area contributed by atoms with Crippen LogP contribution in [0.25, 0.3) is 10.9 Å². The van der Waals surface area contributed by atoms with Gasteiger partial charge in [-0.05, 0) is 84.9 Å². The molecule has 0 bridgehead atoms. The number of nitrogens with one attached hydrogen (secondary N) is 3. The summed E-state index contributed by atoms with van der Waals surface area (Å²) in [6.45, 7) is 0. The van der Waals surface area contributed by atoms with Gasteiger partial charge in [0.05, 0.1) is 5.52 Å². The lowest BCUT2D eigenvalue weighted by molar-refractivity contribution is 0.102. The molecule has 5 rings (SSSR count). The minimum atomic E-state index is -0.172. The summed E-state index contributed by atoms with van der Waals surface area (Å²) in [7, 11) is 6.00. The standard InChI is InChI=1S/C30H29ClN6O/c1-36(2)25-12-13-26-27(14-16-32-28(26)19-25)33-22-8-10-24(11-9-22)35-30(38)20-4-6-23(7-5-20)34-29-18-21(31)15-17-37(29)3/h4-19,29,34H,1-3H3,(H,32,33)(H,35,38). The number of benzene rings is 3. The number of hydrogen-bond donors (Lipinski definition) is 3. The number of aromatic nitrogens is 1. The fraction of sp³-hybridized carbons (Fsp3) is 0.133. The number of carbonyl (C=O) groups excluding carboxylic acids is 1. The Morgan fingerprint density at radius 3 is 2.39 bits per heavy atom. The lowest BCUT2D eigenvalue weighted by Crippen LogP contribution is -2.34. The molecular weight excluding hydrogens is 496 g/mol. The highest BCUT2D eigenvalue weighted by atomic mass is 35.5. The van der Waals surface area contributed by atoms with Gasteiger partial charge in [-0.1, -0.05) is 11.6 Å². The molecule has 1 amide bonds. The topological polar surface area (TPSA) is 72.5 Å². The van der Waals surface area contributed by atoms with Crippen molar-refractivity contribution in [2.24, 2.45) is 0 Å². The lowest BCUT2D eigenvalue weighted by atomic mass is 10.1. The molecule has 4 aromatic rings. The first kappa shape index (κ1) is 25.2. The van der Waals surface area contributed by atoms with Crippen LogP contribution in [0, 0.1) is 0 Å². The van der Waals surface area contributed by atoms with Crippen LogP contribution in [0.5, 0.6) is 0 Å². The van der Waals surface area contributed by atoms with E-state index in [0.717, 1.165) is 33.7 Å². The molecule has 0 spiro atoms. The molecule has 0 saturated heterocycles. The van der Waals surface area contributed by atoms with Crippen LogP contribution in [0.2, 0.25) is 0 Å². The third-order valence-electron chi connectivity index (χ3n) is 6.35. The first-order valence-electron chi connectivity index (χ1n) is 12.2. The number of amides is 1. The average molecular weight is 525 g/mol. The average Bonchev–Trinajstić information content (AvgIpc) is 2.92. The largest absolute Gasteiger partial charge is 0.378 e. The Balaban J connectivity index is 1.21. The van der Waals surface area contributed by atoms with Gasteiger partial charge < -0.3 is 25.8 Å². The number of fused-ring (bicyclic) bond motifs is 1. The van der Waals surface area contributed by atoms with Crippen molar-refractivity contribution in [1.82, 2.24) is 9.88 Å². The van der Waals surface area contributed by atoms with E-state index in [4.69, 9.17) is 11.6 Å². The quantitative estimate of drug-likeness (QED) is 0.252. The monoisotopic (exact) mass is 524 g/mol. The van der Waals surface area contributed by atoms with Crippen molar-refractivity contribution < 1.29 is 4.79 Å². The summed E-state index contributed by atoms with van der Waals surface area (Å²) in [5.41, 5.74) is 6.10. The molecule has 2 heterocycles. The van der Waals surface area contributed by atoms with Gasteiger partial charge in [0.25, 0.3) is 5.91 Å². The Kier molecular flexibility index (Phi) is 7.20. The number of nitrogens with zero attached hydrogens (tertiary/aromatic N) is 3. The van der Waals surface area contributed by atoms with Gasteiger partial charge in [-0.3, -0.25) is 9.78 Å². The summed E-state index contributed by atoms with van der Waals surface area (Å²) >= 11 is 6.12. The molecular formula is C30H29ClN6O. The zero-order valence-electron chi connectivity index (χ0n) is 21.4. The number of hydrogen-bond acceptors (Lipinski definition) is 6. The summed E-state index contributed by atoms with van der Waals surface area (Å²) in [6, 6.07) is 23.2. The molecule has 192 valence electrons. The van der Waals surface area contributed by atoms with Crippen molar-refractivity contribution in [1.29, 1.82) is 0 Å². The minimum Gasteiger partial charge on any atom is -0.378 e. The van der Waals surface area contributed by atoms with Gasteiger partial charge in [0.2, 0.25) is 0 Å². The maximum atomic E-state index is 12.8. The SMILES string of the molecule is CN(C)c1ccc2c(Nc3ccc(NC(=O)c4ccc(NC5C=C(Cl)C=CN5C)cc4)cc3)ccnc2c1. The lowest BCUT2D eigenvalue weighted by Gasteiger charge is -2.28. The van der Waals surface area contributed by atoms with E-state index in [-0.39, 0.29) is 12.1 Å². The highest BCUT2D eigenvalue weighted by molar-refractivity contribution is 6.31. The van der Waals surface area contributed by atoms with Gasteiger partial charge in [-0.25, -0.2) is 0 Å². The normalized spacial score (nSPS) is 14.7. The summed E-state index contributed by atoms with van der Waals surface area (Å²) < 4.78 is 0. The Bertz CT molecular complexity index is 1510. The number of anilines is 5. The van der Waals surface area contributed by atoms with Gasteiger partial charge in [0.15, 0.2) is 0 Å². The number of likely N-dealkylation sites (N-methyl/N-ethyl adjacent to an activating group) is 1. The summed E-state index contributed by atoms with van der Waals surface area (Å²) in [5.74, 6) is -0.172. The van der Waals surface area contributed by atoms with Gasteiger partial charge in [-0.15, -0.1) is 0 Å². The predicted molar refractivity (Wildman–Crippen MR) is 158 cm³/mol. The molecule has 0 saturated carbocycles. The van der Waals surface area contributed by atoms with Crippen LogP contribution in [-0.4, -0.2) is 43.1 Å². The van der Waals surface area contributed by atoms with E-state index in [1.807, 2.05) is 86.9 Å². The Hall–Kier alpha value is -4.49. The predicted octanol–water partition coefficient (Wildman–Crippen LogP) is 6.62. The third-order valence-corrected chi connectivity index (χ3v) is 6.60. The van der Waals surface area contributed by atoms with E-state index in [9.17, 15) is 4.79 Å². The Morgan fingerprint density at radius 2 is 1.66 bits per heavy atom. The summed E-state index contributed by atoms with van der Waals surface area (Å²) in [4.78, 5) is 21.4. The smallest absolute Gasteiger partial charge is 0.255 e. The second-order valence-corrected chi connectivity index (χ2v) is 9.75. The fourth-order valence-corrected chi connectivity index (χ4v) is 4.33. The molecule has 1 unspecified atom stereocenters. The number of halogens is 1. The zero-order chi connectivity index (χ0) is 26.6. The van der Waals surface area contributed by atoms with E-state index in [1.54, 1.807) is 18.3 Å². The van der Waals surface area contributed by atoms with Crippen molar-refractivity contribution in [3.63, 3.8) is 0 Å². The molecule has 8 heteroatoms. The molecule has 1 atom stereocenters. The second-order valence-electron chi connectivity index (χ2n) is 9.31. The maximum Gasteiger partial charge on any atom is 0.255 e. The van der Waals surface area contributed by atoms with Gasteiger partial charge >= 0.3 is 0 Å². The molecule has 38 heavy (non-hydrogen) atoms. The summed E-state index contributed by atoms with van der Waals surface area (Å²) in [5, 5.41) is 11.5. The van der Waals surface area contributed by atoms with Crippen molar-refractivity contribution >= 4 is 56.8 Å². The summed E-state index contributed by atoms with van der Waals surface area (Å²) in [6.07, 6.45) is 7.44. The number of rotatable bonds is 7. The van der Waals surface area contributed by atoms with E-state index in [2.05, 4.69) is 44.0 Å². The molecule has 0 fully saturated rings. The van der Waals surface area contributed by atoms with Crippen molar-refractivity contribution in [2.75, 3.05) is 42.0 Å². The van der Waals surface area contributed by atoms with Crippen molar-refractivity contribution in [3.05, 3.63) is 108 Å². The van der Waals surface area contributed by atoms with Crippen molar-refractivity contribution in [3.8, 4) is 0 Å². The Labute approximate surface area is 227 Å². The van der Waals surface area contributed by atoms with E-state index >= 15 is 0 Å². The molecule has 1 aliphatic rings. The number of allylic oxidation sites excluding steroid dienone is 2. The molecule has 0 aliphatic carbocycles. The van der Waals surface area contributed by atoms with Crippen LogP contribution in [0.15, 0.2) is 102 Å². The molecule has 3 N–H and O–H groups in total. The molecule has 0 radical (unpaired) electrons. The Morgan fingerprint density at radius 1 is 0.947 bits per heavy atom. The molecule has 1 aliphatic heterocycles. The van der Waals surface area contributed by atoms with Gasteiger partial charge in [0.1, 0.15) is 6.17 Å². The fourth-order valence-electron chi connectivity index (χ4n) is 4.16. The van der Waals surface area contributed by atoms with Crippen LogP contribution in [0.4, 0.5) is 28.4 Å². The van der Waals surface area contributed by atoms with Gasteiger partial charge in [-0.2, -0.15) is 0 Å². The second kappa shape index (κ2) is 10.9. The van der Waals surface area contributed by atoms with E-state index < -0.39 is 0 Å². The van der Waals surface area contributed by atoms with Crippen LogP contribution in [0.3, 0.4) is 0 Å². The van der Waals surface area contributed by atoms with Crippen molar-refractivity contribution in [2.45, 2.75) is 6.17 Å². The van der Waals surface area contributed by atoms with Crippen LogP contribution in [0.1, 0.15) is 10.4 Å². The van der Waals surface area contributed by atoms with Crippen LogP contribution >= 0.6 is 11.6 Å². The molecule has 3 aromatic carbocycles. The first-order valence-corrected chi connectivity index (χ1v) is 12.6. The first-order chi connectivity index (χ1) is 18.4. The van der Waals surface area contributed by atoms with Crippen LogP contribution in [-0.2, 0) is 0 Å².